The number of halogens is 1. The second-order valence-electron chi connectivity index (χ2n) is 5.20. The number of nitrogens with zero attached hydrogens (tertiary/aromatic N) is 1. The first-order chi connectivity index (χ1) is 9.53. The van der Waals surface area contributed by atoms with E-state index in [1.54, 1.807) is 12.3 Å². The van der Waals surface area contributed by atoms with Crippen molar-refractivity contribution in [2.75, 3.05) is 6.54 Å². The fraction of sp³-hybridized carbons (Fsp3) is 0.615. The lowest BCUT2D eigenvalue weighted by Gasteiger charge is -2.29. The molecule has 0 spiro atoms. The number of hydrogen-bond acceptors (Lipinski definition) is 4. The van der Waals surface area contributed by atoms with E-state index in [0.29, 0.717) is 16.9 Å². The van der Waals surface area contributed by atoms with Gasteiger partial charge in [0.1, 0.15) is 4.90 Å². The maximum absolute atomic E-state index is 12.4. The molecule has 1 heterocycles. The molecule has 1 unspecified atom stereocenters. The molecule has 0 amide bonds. The van der Waals surface area contributed by atoms with Gasteiger partial charge >= 0.3 is 0 Å². The Kier molecular flexibility index (Phi) is 5.54. The zero-order valence-corrected chi connectivity index (χ0v) is 13.7. The summed E-state index contributed by atoms with van der Waals surface area (Å²) in [5.74, 6) is 0.337. The lowest BCUT2D eigenvalue weighted by molar-refractivity contribution is 0.294. The minimum atomic E-state index is -3.57. The van der Waals surface area contributed by atoms with Crippen molar-refractivity contribution in [3.63, 3.8) is 0 Å². The average molecular weight is 362 g/mol. The molecule has 0 bridgehead atoms. The van der Waals surface area contributed by atoms with Gasteiger partial charge < -0.3 is 5.73 Å². The number of hydrogen-bond donors (Lipinski definition) is 2. The maximum Gasteiger partial charge on any atom is 0.242 e. The molecule has 0 saturated heterocycles. The second-order valence-corrected chi connectivity index (χ2v) is 7.83. The van der Waals surface area contributed by atoms with Crippen molar-refractivity contribution in [2.45, 2.75) is 43.0 Å². The summed E-state index contributed by atoms with van der Waals surface area (Å²) in [6.07, 6.45) is 8.53. The summed E-state index contributed by atoms with van der Waals surface area (Å²) in [4.78, 5) is 4.07. The molecule has 2 rings (SSSR count). The van der Waals surface area contributed by atoms with Gasteiger partial charge in [-0.15, -0.1) is 0 Å². The van der Waals surface area contributed by atoms with Gasteiger partial charge in [-0.2, -0.15) is 0 Å². The zero-order valence-electron chi connectivity index (χ0n) is 11.3. The smallest absolute Gasteiger partial charge is 0.242 e. The lowest BCUT2D eigenvalue weighted by atomic mass is 9.84. The SMILES string of the molecule is NCC(NS(=O)(=O)c1cncc(Br)c1)C1CCCCC1. The molecule has 1 atom stereocenters. The van der Waals surface area contributed by atoms with Gasteiger partial charge in [0.2, 0.25) is 10.0 Å². The van der Waals surface area contributed by atoms with Crippen molar-refractivity contribution < 1.29 is 8.42 Å². The van der Waals surface area contributed by atoms with Gasteiger partial charge in [-0.05, 0) is 40.8 Å². The van der Waals surface area contributed by atoms with Gasteiger partial charge in [-0.1, -0.05) is 19.3 Å². The third kappa shape index (κ3) is 4.00. The third-order valence-electron chi connectivity index (χ3n) is 3.77. The van der Waals surface area contributed by atoms with Crippen molar-refractivity contribution in [1.29, 1.82) is 0 Å². The Bertz CT molecular complexity index is 544. The van der Waals surface area contributed by atoms with Crippen molar-refractivity contribution >= 4 is 26.0 Å². The van der Waals surface area contributed by atoms with E-state index in [2.05, 4.69) is 25.6 Å². The van der Waals surface area contributed by atoms with E-state index in [-0.39, 0.29) is 10.9 Å². The Morgan fingerprint density at radius 3 is 2.65 bits per heavy atom. The van der Waals surface area contributed by atoms with Crippen LogP contribution in [-0.4, -0.2) is 26.0 Å². The molecule has 1 aliphatic rings. The van der Waals surface area contributed by atoms with Crippen LogP contribution in [0.15, 0.2) is 27.8 Å². The van der Waals surface area contributed by atoms with Crippen LogP contribution >= 0.6 is 15.9 Å². The summed E-state index contributed by atoms with van der Waals surface area (Å²) in [7, 11) is -3.57. The van der Waals surface area contributed by atoms with Gasteiger partial charge in [-0.3, -0.25) is 4.98 Å². The molecule has 20 heavy (non-hydrogen) atoms. The highest BCUT2D eigenvalue weighted by Gasteiger charge is 2.27. The Labute approximate surface area is 128 Å². The summed E-state index contributed by atoms with van der Waals surface area (Å²) in [6.45, 7) is 0.325. The summed E-state index contributed by atoms with van der Waals surface area (Å²) in [5, 5.41) is 0. The van der Waals surface area contributed by atoms with E-state index in [1.165, 1.54) is 12.6 Å². The number of aromatic nitrogens is 1. The molecule has 0 aromatic carbocycles. The summed E-state index contributed by atoms with van der Waals surface area (Å²) in [5.41, 5.74) is 5.77. The van der Waals surface area contributed by atoms with Gasteiger partial charge in [0.05, 0.1) is 0 Å². The Morgan fingerprint density at radius 1 is 1.35 bits per heavy atom. The number of nitrogens with two attached hydrogens (primary N) is 1. The monoisotopic (exact) mass is 361 g/mol. The summed E-state index contributed by atoms with van der Waals surface area (Å²) >= 11 is 3.24. The van der Waals surface area contributed by atoms with Crippen LogP contribution in [0.5, 0.6) is 0 Å². The lowest BCUT2D eigenvalue weighted by Crippen LogP contribution is -2.45. The fourth-order valence-electron chi connectivity index (χ4n) is 2.68. The number of rotatable bonds is 5. The molecule has 7 heteroatoms. The molecule has 1 aliphatic carbocycles. The molecule has 0 radical (unpaired) electrons. The fourth-order valence-corrected chi connectivity index (χ4v) is 4.50. The second kappa shape index (κ2) is 6.98. The van der Waals surface area contributed by atoms with Gasteiger partial charge in [0, 0.05) is 29.5 Å². The minimum Gasteiger partial charge on any atom is -0.329 e. The van der Waals surface area contributed by atoms with Crippen LogP contribution in [0.1, 0.15) is 32.1 Å². The molecule has 1 saturated carbocycles. The highest BCUT2D eigenvalue weighted by Crippen LogP contribution is 2.27. The molecule has 0 aliphatic heterocycles. The van der Waals surface area contributed by atoms with Crippen LogP contribution in [0.2, 0.25) is 0 Å². The number of pyridine rings is 1. The maximum atomic E-state index is 12.4. The first-order valence-electron chi connectivity index (χ1n) is 6.86. The van der Waals surface area contributed by atoms with E-state index in [9.17, 15) is 8.42 Å². The van der Waals surface area contributed by atoms with Crippen molar-refractivity contribution in [3.8, 4) is 0 Å². The zero-order chi connectivity index (χ0) is 14.6. The van der Waals surface area contributed by atoms with E-state index < -0.39 is 10.0 Å². The quantitative estimate of drug-likeness (QED) is 0.839. The van der Waals surface area contributed by atoms with E-state index in [0.717, 1.165) is 25.7 Å². The molecule has 1 aromatic rings. The molecule has 5 nitrogen and oxygen atoms in total. The van der Waals surface area contributed by atoms with Crippen molar-refractivity contribution in [3.05, 3.63) is 22.9 Å². The Morgan fingerprint density at radius 2 is 2.05 bits per heavy atom. The van der Waals surface area contributed by atoms with E-state index in [1.807, 2.05) is 0 Å². The van der Waals surface area contributed by atoms with Crippen molar-refractivity contribution in [2.24, 2.45) is 11.7 Å². The van der Waals surface area contributed by atoms with Gasteiger partial charge in [-0.25, -0.2) is 13.1 Å². The Balaban J connectivity index is 2.13. The first kappa shape index (κ1) is 15.9. The topological polar surface area (TPSA) is 85.1 Å². The third-order valence-corrected chi connectivity index (χ3v) is 5.66. The molecule has 112 valence electrons. The van der Waals surface area contributed by atoms with E-state index in [4.69, 9.17) is 5.73 Å². The molecule has 3 N–H and O–H groups in total. The molecular weight excluding hydrogens is 342 g/mol. The van der Waals surface area contributed by atoms with Crippen molar-refractivity contribution in [1.82, 2.24) is 9.71 Å². The minimum absolute atomic E-state index is 0.168. The summed E-state index contributed by atoms with van der Waals surface area (Å²) in [6, 6.07) is 1.35. The van der Waals surface area contributed by atoms with Crippen LogP contribution in [0.3, 0.4) is 0 Å². The predicted molar refractivity (Wildman–Crippen MR) is 81.7 cm³/mol. The van der Waals surface area contributed by atoms with Crippen LogP contribution in [0.4, 0.5) is 0 Å². The van der Waals surface area contributed by atoms with Crippen LogP contribution in [-0.2, 0) is 10.0 Å². The van der Waals surface area contributed by atoms with Crippen LogP contribution < -0.4 is 10.5 Å². The molecule has 1 fully saturated rings. The normalized spacial score (nSPS) is 18.9. The highest BCUT2D eigenvalue weighted by molar-refractivity contribution is 9.10. The summed E-state index contributed by atoms with van der Waals surface area (Å²) < 4.78 is 28.1. The highest BCUT2D eigenvalue weighted by atomic mass is 79.9. The van der Waals surface area contributed by atoms with Crippen LogP contribution in [0, 0.1) is 5.92 Å². The number of sulfonamides is 1. The standard InChI is InChI=1S/C13H20BrN3O2S/c14-11-6-12(9-16-8-11)20(18,19)17-13(7-15)10-4-2-1-3-5-10/h6,8-10,13,17H,1-5,7,15H2. The van der Waals surface area contributed by atoms with E-state index >= 15 is 0 Å². The first-order valence-corrected chi connectivity index (χ1v) is 9.13. The molecule has 1 aromatic heterocycles. The van der Waals surface area contributed by atoms with Gasteiger partial charge in [0.25, 0.3) is 0 Å². The van der Waals surface area contributed by atoms with Gasteiger partial charge in [0.15, 0.2) is 0 Å². The number of nitrogens with one attached hydrogen (secondary N) is 1. The van der Waals surface area contributed by atoms with Crippen LogP contribution in [0.25, 0.3) is 0 Å². The molecular formula is C13H20BrN3O2S. The average Bonchev–Trinajstić information content (AvgIpc) is 2.46. The largest absolute Gasteiger partial charge is 0.329 e. The Hall–Kier alpha value is -0.500. The predicted octanol–water partition coefficient (Wildman–Crippen LogP) is 2.03.